The third-order valence-electron chi connectivity index (χ3n) is 5.95. The van der Waals surface area contributed by atoms with Gasteiger partial charge in [-0.15, -0.1) is 0 Å². The van der Waals surface area contributed by atoms with E-state index in [4.69, 9.17) is 9.72 Å². The van der Waals surface area contributed by atoms with Crippen molar-refractivity contribution in [3.63, 3.8) is 0 Å². The lowest BCUT2D eigenvalue weighted by molar-refractivity contribution is 0.0696. The number of anilines is 1. The van der Waals surface area contributed by atoms with Gasteiger partial charge >= 0.3 is 0 Å². The van der Waals surface area contributed by atoms with Gasteiger partial charge in [0.1, 0.15) is 11.5 Å². The van der Waals surface area contributed by atoms with E-state index in [2.05, 4.69) is 25.6 Å². The van der Waals surface area contributed by atoms with Gasteiger partial charge in [-0.3, -0.25) is 14.8 Å². The molecule has 1 aliphatic rings. The summed E-state index contributed by atoms with van der Waals surface area (Å²) >= 11 is 0. The molecule has 1 fully saturated rings. The molecule has 4 heterocycles. The molecule has 0 spiro atoms. The number of nitrogens with one attached hydrogen (secondary N) is 2. The first kappa shape index (κ1) is 22.6. The minimum Gasteiger partial charge on any atom is -0.381 e. The molecule has 2 N–H and O–H groups in total. The number of pyridine rings is 2. The van der Waals surface area contributed by atoms with Gasteiger partial charge in [-0.25, -0.2) is 9.97 Å². The van der Waals surface area contributed by atoms with Crippen molar-refractivity contribution in [3.8, 4) is 33.9 Å². The fraction of sp³-hybridized carbons (Fsp3) is 0.222. The van der Waals surface area contributed by atoms with Crippen molar-refractivity contribution >= 4 is 11.7 Å². The zero-order valence-corrected chi connectivity index (χ0v) is 19.4. The highest BCUT2D eigenvalue weighted by Crippen LogP contribution is 2.27. The van der Waals surface area contributed by atoms with Crippen molar-refractivity contribution in [3.05, 3.63) is 78.8 Å². The van der Waals surface area contributed by atoms with Crippen LogP contribution in [0.15, 0.2) is 73.2 Å². The molecule has 0 saturated carbocycles. The lowest BCUT2D eigenvalue weighted by Crippen LogP contribution is -2.38. The number of carbonyl (C=O) groups is 1. The number of benzene rings is 1. The number of hydrogen-bond donors (Lipinski definition) is 2. The monoisotopic (exact) mass is 466 g/mol. The second-order valence-electron chi connectivity index (χ2n) is 8.33. The van der Waals surface area contributed by atoms with Crippen LogP contribution in [0.3, 0.4) is 0 Å². The zero-order valence-electron chi connectivity index (χ0n) is 19.4. The van der Waals surface area contributed by atoms with Gasteiger partial charge in [0, 0.05) is 67.7 Å². The Balaban J connectivity index is 1.39. The van der Waals surface area contributed by atoms with Crippen LogP contribution in [0.25, 0.3) is 33.9 Å². The van der Waals surface area contributed by atoms with Gasteiger partial charge in [-0.05, 0) is 48.7 Å². The summed E-state index contributed by atoms with van der Waals surface area (Å²) in [6, 6.07) is 17.3. The molecule has 1 aromatic carbocycles. The molecule has 8 nitrogen and oxygen atoms in total. The molecule has 1 aliphatic heterocycles. The fourth-order valence-corrected chi connectivity index (χ4v) is 4.00. The average Bonchev–Trinajstić information content (AvgIpc) is 2.94. The molecule has 8 heteroatoms. The summed E-state index contributed by atoms with van der Waals surface area (Å²) < 4.78 is 5.36. The SMILES string of the molecule is CNc1cc(-c2cncc(-c3ccc(C(=O)NC4CCOCC4)cc3)c2)nc(-c2ccccn2)n1. The predicted molar refractivity (Wildman–Crippen MR) is 135 cm³/mol. The van der Waals surface area contributed by atoms with E-state index in [0.29, 0.717) is 36.1 Å². The van der Waals surface area contributed by atoms with E-state index in [1.807, 2.05) is 61.6 Å². The molecule has 0 radical (unpaired) electrons. The van der Waals surface area contributed by atoms with Gasteiger partial charge in [0.25, 0.3) is 5.91 Å². The minimum absolute atomic E-state index is 0.0574. The zero-order chi connectivity index (χ0) is 24.0. The van der Waals surface area contributed by atoms with Gasteiger partial charge in [0.05, 0.1) is 5.69 Å². The summed E-state index contributed by atoms with van der Waals surface area (Å²) in [6.07, 6.45) is 7.01. The van der Waals surface area contributed by atoms with Crippen molar-refractivity contribution in [2.45, 2.75) is 18.9 Å². The van der Waals surface area contributed by atoms with Crippen molar-refractivity contribution in [2.24, 2.45) is 0 Å². The van der Waals surface area contributed by atoms with Crippen molar-refractivity contribution in [1.29, 1.82) is 0 Å². The van der Waals surface area contributed by atoms with E-state index in [1.165, 1.54) is 0 Å². The Hall–Kier alpha value is -4.17. The van der Waals surface area contributed by atoms with E-state index < -0.39 is 0 Å². The van der Waals surface area contributed by atoms with Gasteiger partial charge < -0.3 is 15.4 Å². The standard InChI is InChI=1S/C27H26N6O2/c1-28-25-15-24(32-26(33-25)23-4-2-3-11-30-23)21-14-20(16-29-17-21)18-5-7-19(8-6-18)27(34)31-22-9-12-35-13-10-22/h2-8,11,14-17,22H,9-10,12-13H2,1H3,(H,31,34)(H,28,32,33). The molecule has 176 valence electrons. The lowest BCUT2D eigenvalue weighted by Gasteiger charge is -2.23. The number of hydrogen-bond acceptors (Lipinski definition) is 7. The predicted octanol–water partition coefficient (Wildman–Crippen LogP) is 4.22. The van der Waals surface area contributed by atoms with Crippen LogP contribution < -0.4 is 10.6 Å². The van der Waals surface area contributed by atoms with Crippen molar-refractivity contribution in [2.75, 3.05) is 25.6 Å². The van der Waals surface area contributed by atoms with Crippen LogP contribution in [0.5, 0.6) is 0 Å². The van der Waals surface area contributed by atoms with E-state index in [0.717, 1.165) is 35.2 Å². The molecule has 4 aromatic rings. The molecule has 0 atom stereocenters. The van der Waals surface area contributed by atoms with Crippen LogP contribution in [0.4, 0.5) is 5.82 Å². The quantitative estimate of drug-likeness (QED) is 0.439. The lowest BCUT2D eigenvalue weighted by atomic mass is 10.0. The number of carbonyl (C=O) groups excluding carboxylic acids is 1. The highest BCUT2D eigenvalue weighted by atomic mass is 16.5. The van der Waals surface area contributed by atoms with Gasteiger partial charge in [-0.2, -0.15) is 0 Å². The number of rotatable bonds is 6. The number of amides is 1. The van der Waals surface area contributed by atoms with E-state index in [1.54, 1.807) is 18.6 Å². The van der Waals surface area contributed by atoms with Gasteiger partial charge in [-0.1, -0.05) is 18.2 Å². The summed E-state index contributed by atoms with van der Waals surface area (Å²) in [6.45, 7) is 1.39. The Kier molecular flexibility index (Phi) is 6.72. The summed E-state index contributed by atoms with van der Waals surface area (Å²) in [4.78, 5) is 30.7. The first-order chi connectivity index (χ1) is 17.2. The minimum atomic E-state index is -0.0574. The normalized spacial score (nSPS) is 13.9. The number of ether oxygens (including phenoxy) is 1. The second kappa shape index (κ2) is 10.4. The highest BCUT2D eigenvalue weighted by molar-refractivity contribution is 5.95. The molecule has 1 saturated heterocycles. The summed E-state index contributed by atoms with van der Waals surface area (Å²) in [5, 5.41) is 6.19. The van der Waals surface area contributed by atoms with Crippen LogP contribution in [0.1, 0.15) is 23.2 Å². The Morgan fingerprint density at radius 3 is 2.46 bits per heavy atom. The van der Waals surface area contributed by atoms with E-state index in [9.17, 15) is 4.79 Å². The Morgan fingerprint density at radius 1 is 0.914 bits per heavy atom. The Labute approximate surface area is 203 Å². The van der Waals surface area contributed by atoms with Crippen LogP contribution in [0, 0.1) is 0 Å². The topological polar surface area (TPSA) is 102 Å². The molecule has 0 unspecified atom stereocenters. The summed E-state index contributed by atoms with van der Waals surface area (Å²) in [5.74, 6) is 1.18. The second-order valence-corrected chi connectivity index (χ2v) is 8.33. The first-order valence-electron chi connectivity index (χ1n) is 11.6. The smallest absolute Gasteiger partial charge is 0.251 e. The van der Waals surface area contributed by atoms with E-state index in [-0.39, 0.29) is 11.9 Å². The fourth-order valence-electron chi connectivity index (χ4n) is 4.00. The third kappa shape index (κ3) is 5.33. The average molecular weight is 467 g/mol. The van der Waals surface area contributed by atoms with Gasteiger partial charge in [0.2, 0.25) is 0 Å². The molecule has 0 bridgehead atoms. The largest absolute Gasteiger partial charge is 0.381 e. The molecule has 5 rings (SSSR count). The maximum absolute atomic E-state index is 12.6. The maximum Gasteiger partial charge on any atom is 0.251 e. The van der Waals surface area contributed by atoms with E-state index >= 15 is 0 Å². The van der Waals surface area contributed by atoms with Crippen LogP contribution >= 0.6 is 0 Å². The van der Waals surface area contributed by atoms with Crippen LogP contribution in [-0.2, 0) is 4.74 Å². The Morgan fingerprint density at radius 2 is 1.71 bits per heavy atom. The van der Waals surface area contributed by atoms with Gasteiger partial charge in [0.15, 0.2) is 5.82 Å². The summed E-state index contributed by atoms with van der Waals surface area (Å²) in [5.41, 5.74) is 4.84. The molecule has 3 aromatic heterocycles. The Bertz CT molecular complexity index is 1310. The van der Waals surface area contributed by atoms with Crippen molar-refractivity contribution < 1.29 is 9.53 Å². The molecule has 0 aliphatic carbocycles. The maximum atomic E-state index is 12.6. The summed E-state index contributed by atoms with van der Waals surface area (Å²) in [7, 11) is 1.82. The number of aromatic nitrogens is 4. The highest BCUT2D eigenvalue weighted by Gasteiger charge is 2.17. The molecule has 35 heavy (non-hydrogen) atoms. The molecule has 1 amide bonds. The van der Waals surface area contributed by atoms with Crippen molar-refractivity contribution in [1.82, 2.24) is 25.3 Å². The number of nitrogens with zero attached hydrogens (tertiary/aromatic N) is 4. The molecular weight excluding hydrogens is 440 g/mol. The third-order valence-corrected chi connectivity index (χ3v) is 5.95. The molecular formula is C27H26N6O2. The van der Waals surface area contributed by atoms with Crippen LogP contribution in [0.2, 0.25) is 0 Å². The first-order valence-corrected chi connectivity index (χ1v) is 11.6. The van der Waals surface area contributed by atoms with Crippen LogP contribution in [-0.4, -0.2) is 52.1 Å².